The summed E-state index contributed by atoms with van der Waals surface area (Å²) >= 11 is 0. The number of ether oxygens (including phenoxy) is 2. The van der Waals surface area contributed by atoms with Gasteiger partial charge in [0, 0.05) is 26.3 Å². The molecule has 0 aromatic carbocycles. The van der Waals surface area contributed by atoms with E-state index in [0.29, 0.717) is 19.3 Å². The lowest BCUT2D eigenvalue weighted by atomic mass is 10.1. The Kier molecular flexibility index (Phi) is 8.61. The SMILES string of the molecule is CCCCOCC(O)CNCC1CCCCO1. The maximum atomic E-state index is 9.65. The fraction of sp³-hybridized carbons (Fsp3) is 1.00. The van der Waals surface area contributed by atoms with Crippen LogP contribution in [0.15, 0.2) is 0 Å². The Morgan fingerprint density at radius 3 is 3.06 bits per heavy atom. The molecule has 2 unspecified atom stereocenters. The third-order valence-electron chi connectivity index (χ3n) is 2.98. The minimum absolute atomic E-state index is 0.331. The molecule has 0 aliphatic carbocycles. The smallest absolute Gasteiger partial charge is 0.0897 e. The van der Waals surface area contributed by atoms with E-state index in [-0.39, 0.29) is 0 Å². The molecule has 0 aromatic heterocycles. The van der Waals surface area contributed by atoms with E-state index in [0.717, 1.165) is 39.0 Å². The van der Waals surface area contributed by atoms with Crippen molar-refractivity contribution in [2.75, 3.05) is 32.9 Å². The predicted molar refractivity (Wildman–Crippen MR) is 68.2 cm³/mol. The standard InChI is InChI=1S/C13H27NO3/c1-2-3-7-16-11-12(15)9-14-10-13-6-4-5-8-17-13/h12-15H,2-11H2,1H3. The van der Waals surface area contributed by atoms with Gasteiger partial charge in [-0.05, 0) is 25.7 Å². The van der Waals surface area contributed by atoms with E-state index in [1.165, 1.54) is 12.8 Å². The first-order chi connectivity index (χ1) is 8.33. The van der Waals surface area contributed by atoms with Crippen LogP contribution in [0.4, 0.5) is 0 Å². The molecular formula is C13H27NO3. The van der Waals surface area contributed by atoms with Crippen LogP contribution in [0.25, 0.3) is 0 Å². The highest BCUT2D eigenvalue weighted by Gasteiger charge is 2.13. The lowest BCUT2D eigenvalue weighted by Crippen LogP contribution is -2.37. The van der Waals surface area contributed by atoms with Crippen molar-refractivity contribution in [3.8, 4) is 0 Å². The third-order valence-corrected chi connectivity index (χ3v) is 2.98. The zero-order chi connectivity index (χ0) is 12.3. The Labute approximate surface area is 105 Å². The quantitative estimate of drug-likeness (QED) is 0.602. The minimum atomic E-state index is -0.407. The monoisotopic (exact) mass is 245 g/mol. The van der Waals surface area contributed by atoms with Gasteiger partial charge in [0.1, 0.15) is 0 Å². The lowest BCUT2D eigenvalue weighted by molar-refractivity contribution is 0.00928. The van der Waals surface area contributed by atoms with Crippen LogP contribution in [0.2, 0.25) is 0 Å². The van der Waals surface area contributed by atoms with Gasteiger partial charge in [0.25, 0.3) is 0 Å². The molecule has 1 saturated heterocycles. The third kappa shape index (κ3) is 7.71. The summed E-state index contributed by atoms with van der Waals surface area (Å²) in [6.45, 7) is 5.62. The number of nitrogens with one attached hydrogen (secondary N) is 1. The summed E-state index contributed by atoms with van der Waals surface area (Å²) in [5.74, 6) is 0. The molecule has 4 nitrogen and oxygen atoms in total. The fourth-order valence-corrected chi connectivity index (χ4v) is 1.90. The second-order valence-electron chi connectivity index (χ2n) is 4.73. The molecule has 1 heterocycles. The van der Waals surface area contributed by atoms with E-state index >= 15 is 0 Å². The maximum Gasteiger partial charge on any atom is 0.0897 e. The molecule has 0 amide bonds. The molecule has 1 fully saturated rings. The van der Waals surface area contributed by atoms with Gasteiger partial charge in [0.15, 0.2) is 0 Å². The first-order valence-electron chi connectivity index (χ1n) is 6.91. The van der Waals surface area contributed by atoms with E-state index in [1.54, 1.807) is 0 Å². The topological polar surface area (TPSA) is 50.7 Å². The van der Waals surface area contributed by atoms with Gasteiger partial charge in [-0.25, -0.2) is 0 Å². The van der Waals surface area contributed by atoms with Gasteiger partial charge in [-0.1, -0.05) is 13.3 Å². The zero-order valence-corrected chi connectivity index (χ0v) is 11.0. The Hall–Kier alpha value is -0.160. The Bertz CT molecular complexity index is 172. The average Bonchev–Trinajstić information content (AvgIpc) is 2.36. The van der Waals surface area contributed by atoms with E-state index in [1.807, 2.05) is 0 Å². The summed E-state index contributed by atoms with van der Waals surface area (Å²) in [5, 5.41) is 12.9. The van der Waals surface area contributed by atoms with Crippen LogP contribution in [0, 0.1) is 0 Å². The largest absolute Gasteiger partial charge is 0.389 e. The maximum absolute atomic E-state index is 9.65. The second kappa shape index (κ2) is 9.83. The Balaban J connectivity index is 1.90. The molecule has 102 valence electrons. The Morgan fingerprint density at radius 2 is 2.35 bits per heavy atom. The van der Waals surface area contributed by atoms with E-state index in [4.69, 9.17) is 9.47 Å². The van der Waals surface area contributed by atoms with Gasteiger partial charge in [-0.15, -0.1) is 0 Å². The molecular weight excluding hydrogens is 218 g/mol. The van der Waals surface area contributed by atoms with Gasteiger partial charge in [-0.3, -0.25) is 0 Å². The number of aliphatic hydroxyl groups excluding tert-OH is 1. The summed E-state index contributed by atoms with van der Waals surface area (Å²) in [6, 6.07) is 0. The Morgan fingerprint density at radius 1 is 1.47 bits per heavy atom. The van der Waals surface area contributed by atoms with Crippen LogP contribution in [-0.2, 0) is 9.47 Å². The van der Waals surface area contributed by atoms with Crippen molar-refractivity contribution in [3.05, 3.63) is 0 Å². The normalized spacial score (nSPS) is 22.6. The minimum Gasteiger partial charge on any atom is -0.389 e. The number of rotatable bonds is 9. The van der Waals surface area contributed by atoms with Crippen LogP contribution in [0.1, 0.15) is 39.0 Å². The van der Waals surface area contributed by atoms with Gasteiger partial charge >= 0.3 is 0 Å². The molecule has 0 bridgehead atoms. The van der Waals surface area contributed by atoms with Crippen LogP contribution in [0.3, 0.4) is 0 Å². The van der Waals surface area contributed by atoms with Crippen molar-refractivity contribution < 1.29 is 14.6 Å². The van der Waals surface area contributed by atoms with Gasteiger partial charge in [-0.2, -0.15) is 0 Å². The highest BCUT2D eigenvalue weighted by Crippen LogP contribution is 2.11. The molecule has 0 saturated carbocycles. The molecule has 0 radical (unpaired) electrons. The van der Waals surface area contributed by atoms with Crippen LogP contribution < -0.4 is 5.32 Å². The molecule has 2 N–H and O–H groups in total. The van der Waals surface area contributed by atoms with Gasteiger partial charge in [0.2, 0.25) is 0 Å². The first-order valence-corrected chi connectivity index (χ1v) is 6.91. The van der Waals surface area contributed by atoms with E-state index in [2.05, 4.69) is 12.2 Å². The summed E-state index contributed by atoms with van der Waals surface area (Å²) in [4.78, 5) is 0. The lowest BCUT2D eigenvalue weighted by Gasteiger charge is -2.23. The second-order valence-corrected chi connectivity index (χ2v) is 4.73. The zero-order valence-electron chi connectivity index (χ0n) is 11.0. The van der Waals surface area contributed by atoms with Crippen LogP contribution in [-0.4, -0.2) is 50.2 Å². The van der Waals surface area contributed by atoms with Crippen molar-refractivity contribution in [2.24, 2.45) is 0 Å². The van der Waals surface area contributed by atoms with Crippen LogP contribution >= 0.6 is 0 Å². The number of hydrogen-bond donors (Lipinski definition) is 2. The predicted octanol–water partition coefficient (Wildman–Crippen LogP) is 1.32. The van der Waals surface area contributed by atoms with Crippen molar-refractivity contribution in [1.82, 2.24) is 5.32 Å². The number of aliphatic hydroxyl groups is 1. The highest BCUT2D eigenvalue weighted by molar-refractivity contribution is 4.68. The summed E-state index contributed by atoms with van der Waals surface area (Å²) in [5.41, 5.74) is 0. The van der Waals surface area contributed by atoms with Crippen molar-refractivity contribution in [3.63, 3.8) is 0 Å². The van der Waals surface area contributed by atoms with Crippen molar-refractivity contribution in [2.45, 2.75) is 51.2 Å². The molecule has 0 spiro atoms. The van der Waals surface area contributed by atoms with Crippen molar-refractivity contribution in [1.29, 1.82) is 0 Å². The molecule has 2 atom stereocenters. The summed E-state index contributed by atoms with van der Waals surface area (Å²) in [6.07, 6.45) is 5.70. The summed E-state index contributed by atoms with van der Waals surface area (Å²) in [7, 11) is 0. The molecule has 0 aromatic rings. The first kappa shape index (κ1) is 14.9. The molecule has 17 heavy (non-hydrogen) atoms. The molecule has 1 aliphatic heterocycles. The highest BCUT2D eigenvalue weighted by atomic mass is 16.5. The van der Waals surface area contributed by atoms with Gasteiger partial charge < -0.3 is 19.9 Å². The van der Waals surface area contributed by atoms with E-state index in [9.17, 15) is 5.11 Å². The van der Waals surface area contributed by atoms with Crippen LogP contribution in [0.5, 0.6) is 0 Å². The van der Waals surface area contributed by atoms with Crippen molar-refractivity contribution >= 4 is 0 Å². The van der Waals surface area contributed by atoms with E-state index < -0.39 is 6.10 Å². The number of hydrogen-bond acceptors (Lipinski definition) is 4. The molecule has 1 rings (SSSR count). The fourth-order valence-electron chi connectivity index (χ4n) is 1.90. The van der Waals surface area contributed by atoms with Gasteiger partial charge in [0.05, 0.1) is 18.8 Å². The number of unbranched alkanes of at least 4 members (excludes halogenated alkanes) is 1. The molecule has 4 heteroatoms. The molecule has 1 aliphatic rings. The summed E-state index contributed by atoms with van der Waals surface area (Å²) < 4.78 is 11.0. The average molecular weight is 245 g/mol.